The van der Waals surface area contributed by atoms with E-state index in [4.69, 9.17) is 11.5 Å². The molecule has 8 heteroatoms. The second-order valence-electron chi connectivity index (χ2n) is 3.42. The Morgan fingerprint density at radius 2 is 1.22 bits per heavy atom. The third-order valence-corrected chi connectivity index (χ3v) is 8.14. The van der Waals surface area contributed by atoms with Crippen LogP contribution >= 0.6 is 0 Å². The second kappa shape index (κ2) is 11.6. The molecule has 98 valence electrons. The molecule has 2 atom stereocenters. The molecule has 0 aromatic carbocycles. The predicted molar refractivity (Wildman–Crippen MR) is 64.2 cm³/mol. The van der Waals surface area contributed by atoms with E-state index in [0.717, 1.165) is 0 Å². The molecule has 0 amide bonds. The third-order valence-electron chi connectivity index (χ3n) is 2.34. The predicted octanol–water partition coefficient (Wildman–Crippen LogP) is 2.50. The second-order valence-corrected chi connectivity index (χ2v) is 9.52. The summed E-state index contributed by atoms with van der Waals surface area (Å²) in [6.07, 6.45) is 10.6. The maximum absolute atomic E-state index is 12.1. The number of hydrogen-bond donors (Lipinski definition) is 0. The van der Waals surface area contributed by atoms with Crippen molar-refractivity contribution in [1.29, 1.82) is 0 Å². The van der Waals surface area contributed by atoms with Gasteiger partial charge in [0.15, 0.2) is 0 Å². The molecule has 2 unspecified atom stereocenters. The van der Waals surface area contributed by atoms with Crippen LogP contribution in [0.5, 0.6) is 0 Å². The van der Waals surface area contributed by atoms with Gasteiger partial charge in [-0.05, 0) is 0 Å². The summed E-state index contributed by atoms with van der Waals surface area (Å²) in [6.45, 7) is 0. The Labute approximate surface area is 172 Å². The third kappa shape index (κ3) is 6.60. The van der Waals surface area contributed by atoms with Gasteiger partial charge in [-0.2, -0.15) is 0 Å². The van der Waals surface area contributed by atoms with Gasteiger partial charge in [0.05, 0.1) is 0 Å². The van der Waals surface area contributed by atoms with Crippen LogP contribution in [0.2, 0.25) is 7.87 Å². The van der Waals surface area contributed by atoms with Crippen molar-refractivity contribution in [3.8, 4) is 0 Å². The van der Waals surface area contributed by atoms with Crippen molar-refractivity contribution in [2.24, 2.45) is 0 Å². The van der Waals surface area contributed by atoms with Crippen LogP contribution < -0.4 is 0 Å². The van der Waals surface area contributed by atoms with Crippen LogP contribution in [-0.4, -0.2) is 43.7 Å². The van der Waals surface area contributed by atoms with Crippen molar-refractivity contribution in [2.45, 2.75) is 7.87 Å². The molecule has 2 aliphatic rings. The molecular formula is C10H11N2ORe3Sn2-2. The summed E-state index contributed by atoms with van der Waals surface area (Å²) in [7, 11) is 0. The zero-order chi connectivity index (χ0) is 10.1. The van der Waals surface area contributed by atoms with E-state index in [1.54, 1.807) is 24.3 Å². The van der Waals surface area contributed by atoms with E-state index in [9.17, 15) is 3.08 Å². The van der Waals surface area contributed by atoms with Gasteiger partial charge in [0, 0.05) is 61.3 Å². The monoisotopic (exact) mass is 976 g/mol. The fourth-order valence-corrected chi connectivity index (χ4v) is 6.46. The van der Waals surface area contributed by atoms with Crippen molar-refractivity contribution in [1.82, 2.24) is 0 Å². The molecule has 3 nitrogen and oxygen atoms in total. The molecule has 0 spiro atoms. The van der Waals surface area contributed by atoms with Crippen LogP contribution in [-0.2, 0) is 64.3 Å². The van der Waals surface area contributed by atoms with E-state index in [-0.39, 0.29) is 93.0 Å². The van der Waals surface area contributed by atoms with Crippen LogP contribution in [0.4, 0.5) is 0 Å². The van der Waals surface area contributed by atoms with Crippen LogP contribution in [0.3, 0.4) is 0 Å². The van der Waals surface area contributed by atoms with Gasteiger partial charge in [-0.25, -0.2) is 0 Å². The molecule has 2 rings (SSSR count). The first-order chi connectivity index (χ1) is 6.66. The molecule has 0 saturated heterocycles. The Morgan fingerprint density at radius 3 is 1.44 bits per heavy atom. The molecule has 0 aromatic heterocycles. The summed E-state index contributed by atoms with van der Waals surface area (Å²) in [5, 5.41) is 0. The van der Waals surface area contributed by atoms with E-state index in [1.807, 2.05) is 12.2 Å². The molecule has 0 saturated carbocycles. The summed E-state index contributed by atoms with van der Waals surface area (Å²) < 4.78 is 12.1. The fourth-order valence-electron chi connectivity index (χ4n) is 1.60. The minimum absolute atomic E-state index is 0. The van der Waals surface area contributed by atoms with Crippen LogP contribution in [0.25, 0.3) is 11.5 Å². The van der Waals surface area contributed by atoms with E-state index < -0.39 is 19.7 Å². The normalized spacial score (nSPS) is 22.7. The minimum atomic E-state index is -2.78. The van der Waals surface area contributed by atoms with E-state index in [0.29, 0.717) is 11.4 Å². The first-order valence-corrected chi connectivity index (χ1v) is 8.90. The number of allylic oxidation sites excluding steroid dienone is 6. The van der Waals surface area contributed by atoms with E-state index >= 15 is 0 Å². The molecule has 0 aliphatic heterocycles. The Bertz CT molecular complexity index is 372. The molecule has 6 radical (unpaired) electrons. The van der Waals surface area contributed by atoms with Crippen molar-refractivity contribution in [2.75, 3.05) is 0 Å². The number of rotatable bonds is 2. The molecule has 0 bridgehead atoms. The first-order valence-electron chi connectivity index (χ1n) is 4.44. The SMILES string of the molecule is [NH-]C1=C[CH]([Sn](=[O])[CH]2C=CC([NH-])=C2)C=C1.[Re].[Re].[Re].[SnH]. The number of hydrogen-bond acceptors (Lipinski definition) is 1. The first kappa shape index (κ1) is 24.9. The van der Waals surface area contributed by atoms with Crippen molar-refractivity contribution in [3.63, 3.8) is 0 Å². The van der Waals surface area contributed by atoms with Gasteiger partial charge in [-0.3, -0.25) is 0 Å². The van der Waals surface area contributed by atoms with Crippen molar-refractivity contribution >= 4 is 43.7 Å². The van der Waals surface area contributed by atoms with Gasteiger partial charge < -0.3 is 0 Å². The van der Waals surface area contributed by atoms with Gasteiger partial charge in [-0.1, -0.05) is 0 Å². The maximum atomic E-state index is 12.1. The zero-order valence-electron chi connectivity index (χ0n) is 9.24. The summed E-state index contributed by atoms with van der Waals surface area (Å²) in [6, 6.07) is 0. The van der Waals surface area contributed by atoms with Crippen LogP contribution in [0, 0.1) is 0 Å². The van der Waals surface area contributed by atoms with Gasteiger partial charge in [0.1, 0.15) is 0 Å². The van der Waals surface area contributed by atoms with Gasteiger partial charge in [-0.15, -0.1) is 0 Å². The van der Waals surface area contributed by atoms with Gasteiger partial charge in [0.2, 0.25) is 0 Å². The van der Waals surface area contributed by atoms with Crippen molar-refractivity contribution in [3.05, 3.63) is 59.3 Å². The molecule has 2 aliphatic carbocycles. The van der Waals surface area contributed by atoms with Crippen molar-refractivity contribution < 1.29 is 64.3 Å². The summed E-state index contributed by atoms with van der Waals surface area (Å²) in [4.78, 5) is 0. The van der Waals surface area contributed by atoms with E-state index in [1.165, 1.54) is 0 Å². The molecule has 0 heterocycles. The molecule has 2 N–H and O–H groups in total. The Hall–Kier alpha value is 1.94. The number of nitrogens with one attached hydrogen (secondary N) is 2. The zero-order valence-corrected chi connectivity index (χ0v) is 23.5. The summed E-state index contributed by atoms with van der Waals surface area (Å²) in [5.74, 6) is 0. The van der Waals surface area contributed by atoms with Crippen LogP contribution in [0.1, 0.15) is 0 Å². The Balaban J connectivity index is -0.000000562. The average Bonchev–Trinajstić information content (AvgIpc) is 2.73. The quantitative estimate of drug-likeness (QED) is 0.393. The molecule has 0 aromatic rings. The van der Waals surface area contributed by atoms with Gasteiger partial charge >= 0.3 is 114 Å². The van der Waals surface area contributed by atoms with Crippen LogP contribution in [0.15, 0.2) is 47.9 Å². The van der Waals surface area contributed by atoms with Gasteiger partial charge in [0.25, 0.3) is 0 Å². The molecule has 18 heavy (non-hydrogen) atoms. The summed E-state index contributed by atoms with van der Waals surface area (Å²) >= 11 is -2.78. The Morgan fingerprint density at radius 1 is 0.889 bits per heavy atom. The Kier molecular flexibility index (Phi) is 16.0. The standard InChI is InChI=1S/2C5H5N.O.3Re.2Sn.H/c2*6-5-3-1-2-4-5;;;;;;;/h2*1-4,6H;;;;;;;/q2*-1;;;;;;;. The fraction of sp³-hybridized carbons (Fsp3) is 0.200. The average molecular weight is 971 g/mol. The topological polar surface area (TPSA) is 64.7 Å². The van der Waals surface area contributed by atoms with E-state index in [2.05, 4.69) is 0 Å². The summed E-state index contributed by atoms with van der Waals surface area (Å²) in [5.41, 5.74) is 15.6. The molecular weight excluding hydrogens is 960 g/mol. The molecule has 0 fully saturated rings.